The molecule has 1 rings (SSSR count). The fourth-order valence-electron chi connectivity index (χ4n) is 6.70. The Balaban J connectivity index is 2.12. The van der Waals surface area contributed by atoms with Gasteiger partial charge in [0.05, 0.1) is 0 Å². The van der Waals surface area contributed by atoms with E-state index >= 15 is 0 Å². The number of rotatable bonds is 32. The first-order valence-corrected chi connectivity index (χ1v) is 19.2. The van der Waals surface area contributed by atoms with E-state index in [4.69, 9.17) is 5.73 Å². The van der Waals surface area contributed by atoms with Crippen molar-refractivity contribution in [1.82, 2.24) is 4.90 Å². The summed E-state index contributed by atoms with van der Waals surface area (Å²) in [4.78, 5) is 27.2. The minimum atomic E-state index is -0.285. The van der Waals surface area contributed by atoms with Crippen LogP contribution in [0.5, 0.6) is 0 Å². The van der Waals surface area contributed by atoms with Crippen molar-refractivity contribution in [3.63, 3.8) is 0 Å². The minimum Gasteiger partial charge on any atom is -0.369 e. The molecule has 0 heterocycles. The van der Waals surface area contributed by atoms with Crippen molar-refractivity contribution in [3.05, 3.63) is 0 Å². The highest BCUT2D eigenvalue weighted by molar-refractivity contribution is 5.88. The molecule has 1 saturated carbocycles. The molecule has 2 amide bonds. The van der Waals surface area contributed by atoms with Crippen LogP contribution < -0.4 is 5.73 Å². The number of unbranched alkanes of at least 4 members (excludes halogenated alkanes) is 26. The maximum atomic E-state index is 13.3. The Morgan fingerprint density at radius 1 is 0.452 bits per heavy atom. The lowest BCUT2D eigenvalue weighted by molar-refractivity contribution is -0.146. The summed E-state index contributed by atoms with van der Waals surface area (Å²) in [5.41, 5.74) is 5.58. The minimum absolute atomic E-state index is 0.152. The molecule has 0 aliphatic heterocycles. The molecule has 0 radical (unpaired) electrons. The average molecular weight is 591 g/mol. The second kappa shape index (κ2) is 28.7. The molecule has 1 aliphatic rings. The Morgan fingerprint density at radius 2 is 0.714 bits per heavy atom. The summed E-state index contributed by atoms with van der Waals surface area (Å²) in [6, 6.07) is 0. The van der Waals surface area contributed by atoms with Crippen molar-refractivity contribution < 1.29 is 9.59 Å². The highest BCUT2D eigenvalue weighted by Crippen LogP contribution is 2.35. The molecule has 2 N–H and O–H groups in total. The Morgan fingerprint density at radius 3 is 0.952 bits per heavy atom. The third kappa shape index (κ3) is 20.8. The van der Waals surface area contributed by atoms with Gasteiger partial charge in [0.25, 0.3) is 0 Å². The van der Waals surface area contributed by atoms with Crippen LogP contribution in [-0.2, 0) is 9.59 Å². The molecule has 42 heavy (non-hydrogen) atoms. The van der Waals surface area contributed by atoms with Crippen LogP contribution in [0.15, 0.2) is 0 Å². The molecular formula is C38H74N2O2. The fourth-order valence-corrected chi connectivity index (χ4v) is 6.70. The Hall–Kier alpha value is -1.06. The van der Waals surface area contributed by atoms with Crippen LogP contribution in [-0.4, -0.2) is 29.8 Å². The van der Waals surface area contributed by atoms with E-state index in [1.807, 2.05) is 0 Å². The van der Waals surface area contributed by atoms with Gasteiger partial charge in [-0.05, 0) is 25.7 Å². The van der Waals surface area contributed by atoms with E-state index in [1.165, 1.54) is 167 Å². The molecule has 248 valence electrons. The van der Waals surface area contributed by atoms with Gasteiger partial charge in [0, 0.05) is 24.9 Å². The van der Waals surface area contributed by atoms with Gasteiger partial charge in [-0.1, -0.05) is 181 Å². The van der Waals surface area contributed by atoms with Gasteiger partial charge in [0.15, 0.2) is 0 Å². The van der Waals surface area contributed by atoms with Crippen LogP contribution in [0.2, 0.25) is 0 Å². The largest absolute Gasteiger partial charge is 0.369 e. The Bertz CT molecular complexity index is 590. The highest BCUT2D eigenvalue weighted by atomic mass is 16.2. The SMILES string of the molecule is CCCCCCCCCCCCCCCCN(CCCCCCCCCCCCCCCC)C(=O)[C@@H]1CC[C@@H]1C(N)=O. The number of primary amides is 1. The zero-order valence-electron chi connectivity index (χ0n) is 28.6. The molecule has 0 aromatic heterocycles. The first-order valence-electron chi connectivity index (χ1n) is 19.2. The van der Waals surface area contributed by atoms with Crippen molar-refractivity contribution in [2.75, 3.05) is 13.1 Å². The van der Waals surface area contributed by atoms with Gasteiger partial charge >= 0.3 is 0 Å². The Labute approximate surface area is 263 Å². The van der Waals surface area contributed by atoms with Crippen molar-refractivity contribution in [1.29, 1.82) is 0 Å². The zero-order chi connectivity index (χ0) is 30.5. The third-order valence-corrected chi connectivity index (χ3v) is 9.83. The molecule has 1 fully saturated rings. The maximum Gasteiger partial charge on any atom is 0.226 e. The molecule has 0 bridgehead atoms. The summed E-state index contributed by atoms with van der Waals surface area (Å²) in [5, 5.41) is 0. The van der Waals surface area contributed by atoms with Gasteiger partial charge in [-0.2, -0.15) is 0 Å². The van der Waals surface area contributed by atoms with Crippen LogP contribution >= 0.6 is 0 Å². The standard InChI is InChI=1S/C38H74N2O2/c1-3-5-7-9-11-13-15-17-19-21-23-25-27-29-33-40(38(42)36-32-31-35(36)37(39)41)34-30-28-26-24-22-20-18-16-14-12-10-8-6-4-2/h35-36H,3-34H2,1-2H3,(H2,39,41)/t35-,36+/m0/s1. The van der Waals surface area contributed by atoms with Crippen LogP contribution in [0.4, 0.5) is 0 Å². The molecule has 4 heteroatoms. The highest BCUT2D eigenvalue weighted by Gasteiger charge is 2.41. The predicted molar refractivity (Wildman–Crippen MR) is 183 cm³/mol. The molecule has 0 unspecified atom stereocenters. The van der Waals surface area contributed by atoms with E-state index in [9.17, 15) is 9.59 Å². The van der Waals surface area contributed by atoms with Crippen molar-refractivity contribution in [3.8, 4) is 0 Å². The molecular weight excluding hydrogens is 516 g/mol. The van der Waals surface area contributed by atoms with Crippen molar-refractivity contribution in [2.24, 2.45) is 17.6 Å². The van der Waals surface area contributed by atoms with Gasteiger partial charge < -0.3 is 10.6 Å². The molecule has 0 aromatic rings. The van der Waals surface area contributed by atoms with E-state index in [2.05, 4.69) is 18.7 Å². The summed E-state index contributed by atoms with van der Waals surface area (Å²) in [6.45, 7) is 6.29. The van der Waals surface area contributed by atoms with E-state index in [1.54, 1.807) is 0 Å². The first-order chi connectivity index (χ1) is 20.6. The fraction of sp³-hybridized carbons (Fsp3) is 0.947. The van der Waals surface area contributed by atoms with Crippen LogP contribution in [0.25, 0.3) is 0 Å². The molecule has 2 atom stereocenters. The predicted octanol–water partition coefficient (Wildman–Crippen LogP) is 11.3. The summed E-state index contributed by atoms with van der Waals surface area (Å²) in [6.07, 6.45) is 39.4. The van der Waals surface area contributed by atoms with Gasteiger partial charge in [-0.25, -0.2) is 0 Å². The maximum absolute atomic E-state index is 13.3. The summed E-state index contributed by atoms with van der Waals surface area (Å²) >= 11 is 0. The number of carbonyl (C=O) groups is 2. The number of carbonyl (C=O) groups excluding carboxylic acids is 2. The van der Waals surface area contributed by atoms with E-state index < -0.39 is 0 Å². The van der Waals surface area contributed by atoms with Crippen molar-refractivity contribution >= 4 is 11.8 Å². The van der Waals surface area contributed by atoms with Crippen LogP contribution in [0, 0.1) is 11.8 Å². The third-order valence-electron chi connectivity index (χ3n) is 9.83. The topological polar surface area (TPSA) is 63.4 Å². The second-order valence-electron chi connectivity index (χ2n) is 13.7. The second-order valence-corrected chi connectivity index (χ2v) is 13.7. The summed E-state index contributed by atoms with van der Waals surface area (Å²) in [5.74, 6) is -0.463. The normalized spacial score (nSPS) is 16.4. The molecule has 4 nitrogen and oxygen atoms in total. The monoisotopic (exact) mass is 591 g/mol. The summed E-state index contributed by atoms with van der Waals surface area (Å²) in [7, 11) is 0. The van der Waals surface area contributed by atoms with Crippen LogP contribution in [0.1, 0.15) is 206 Å². The van der Waals surface area contributed by atoms with Gasteiger partial charge in [0.1, 0.15) is 0 Å². The quantitative estimate of drug-likeness (QED) is 0.0792. The zero-order valence-corrected chi connectivity index (χ0v) is 28.6. The van der Waals surface area contributed by atoms with Gasteiger partial charge in [-0.15, -0.1) is 0 Å². The number of nitrogens with two attached hydrogens (primary N) is 1. The molecule has 1 aliphatic carbocycles. The smallest absolute Gasteiger partial charge is 0.226 e. The Kier molecular flexibility index (Phi) is 26.6. The average Bonchev–Trinajstić information content (AvgIpc) is 2.95. The molecule has 0 saturated heterocycles. The van der Waals surface area contributed by atoms with Gasteiger partial charge in [-0.3, -0.25) is 9.59 Å². The number of hydrogen-bond acceptors (Lipinski definition) is 2. The lowest BCUT2D eigenvalue weighted by atomic mass is 9.72. The lowest BCUT2D eigenvalue weighted by Gasteiger charge is -2.37. The lowest BCUT2D eigenvalue weighted by Crippen LogP contribution is -2.48. The van der Waals surface area contributed by atoms with Gasteiger partial charge in [0.2, 0.25) is 11.8 Å². The number of amides is 2. The molecule has 0 spiro atoms. The van der Waals surface area contributed by atoms with E-state index in [0.717, 1.165) is 38.8 Å². The van der Waals surface area contributed by atoms with Crippen LogP contribution in [0.3, 0.4) is 0 Å². The van der Waals surface area contributed by atoms with E-state index in [0.29, 0.717) is 0 Å². The van der Waals surface area contributed by atoms with Crippen molar-refractivity contribution in [2.45, 2.75) is 206 Å². The first kappa shape index (κ1) is 39.0. The molecule has 0 aromatic carbocycles. The number of hydrogen-bond donors (Lipinski definition) is 1. The summed E-state index contributed by atoms with van der Waals surface area (Å²) < 4.78 is 0. The number of nitrogens with zero attached hydrogens (tertiary/aromatic N) is 1. The van der Waals surface area contributed by atoms with E-state index in [-0.39, 0.29) is 23.7 Å².